The average Bonchev–Trinajstić information content (AvgIpc) is 2.49. The van der Waals surface area contributed by atoms with E-state index in [1.54, 1.807) is 49.6 Å². The van der Waals surface area contributed by atoms with Gasteiger partial charge in [-0.3, -0.25) is 4.98 Å². The molecule has 0 aliphatic heterocycles. The van der Waals surface area contributed by atoms with E-state index < -0.39 is 10.0 Å². The first-order valence-electron chi connectivity index (χ1n) is 6.55. The molecule has 6 heteroatoms. The topological polar surface area (TPSA) is 50.3 Å². The molecule has 0 saturated heterocycles. The SMILES string of the molecule is CN(Cc1ccccn1)S(=O)(=O)c1ccc(CCCl)cc1. The first kappa shape index (κ1) is 15.9. The van der Waals surface area contributed by atoms with Crippen LogP contribution in [0.25, 0.3) is 0 Å². The highest BCUT2D eigenvalue weighted by Crippen LogP contribution is 2.17. The fourth-order valence-corrected chi connectivity index (χ4v) is 3.28. The molecule has 1 heterocycles. The van der Waals surface area contributed by atoms with Crippen LogP contribution in [-0.2, 0) is 23.0 Å². The number of hydrogen-bond donors (Lipinski definition) is 0. The lowest BCUT2D eigenvalue weighted by Gasteiger charge is -2.17. The van der Waals surface area contributed by atoms with Crippen LogP contribution < -0.4 is 0 Å². The number of pyridine rings is 1. The summed E-state index contributed by atoms with van der Waals surface area (Å²) in [5.74, 6) is 0.520. The van der Waals surface area contributed by atoms with E-state index in [1.165, 1.54) is 4.31 Å². The predicted molar refractivity (Wildman–Crippen MR) is 83.8 cm³/mol. The zero-order valence-corrected chi connectivity index (χ0v) is 13.3. The summed E-state index contributed by atoms with van der Waals surface area (Å²) >= 11 is 5.67. The van der Waals surface area contributed by atoms with Gasteiger partial charge in [0.15, 0.2) is 0 Å². The van der Waals surface area contributed by atoms with Crippen molar-refractivity contribution in [1.29, 1.82) is 0 Å². The lowest BCUT2D eigenvalue weighted by atomic mass is 10.2. The Hall–Kier alpha value is -1.43. The van der Waals surface area contributed by atoms with Gasteiger partial charge in [0.2, 0.25) is 10.0 Å². The number of aryl methyl sites for hydroxylation is 1. The highest BCUT2D eigenvalue weighted by atomic mass is 35.5. The van der Waals surface area contributed by atoms with E-state index in [-0.39, 0.29) is 11.4 Å². The molecule has 2 rings (SSSR count). The minimum atomic E-state index is -3.51. The quantitative estimate of drug-likeness (QED) is 0.768. The third-order valence-corrected chi connectivity index (χ3v) is 5.13. The second kappa shape index (κ2) is 7.02. The normalized spacial score (nSPS) is 11.8. The summed E-state index contributed by atoms with van der Waals surface area (Å²) in [6, 6.07) is 12.3. The minimum Gasteiger partial charge on any atom is -0.260 e. The number of sulfonamides is 1. The van der Waals surface area contributed by atoms with Crippen molar-refractivity contribution >= 4 is 21.6 Å². The third-order valence-electron chi connectivity index (χ3n) is 3.13. The standard InChI is InChI=1S/C15H17ClN2O2S/c1-18(12-14-4-2-3-11-17-14)21(19,20)15-7-5-13(6-8-15)9-10-16/h2-8,11H,9-10,12H2,1H3. The van der Waals surface area contributed by atoms with Crippen LogP contribution in [0.5, 0.6) is 0 Å². The maximum atomic E-state index is 12.5. The molecule has 0 atom stereocenters. The Bertz CT molecular complexity index is 673. The predicted octanol–water partition coefficient (Wildman–Crippen LogP) is 2.68. The van der Waals surface area contributed by atoms with Crippen LogP contribution in [0, 0.1) is 0 Å². The molecule has 1 aromatic heterocycles. The van der Waals surface area contributed by atoms with Crippen LogP contribution in [0.2, 0.25) is 0 Å². The molecular weight excluding hydrogens is 308 g/mol. The highest BCUT2D eigenvalue weighted by molar-refractivity contribution is 7.89. The molecule has 0 unspecified atom stereocenters. The van der Waals surface area contributed by atoms with E-state index in [9.17, 15) is 8.42 Å². The highest BCUT2D eigenvalue weighted by Gasteiger charge is 2.21. The van der Waals surface area contributed by atoms with Crippen molar-refractivity contribution in [3.63, 3.8) is 0 Å². The Balaban J connectivity index is 2.16. The molecule has 0 spiro atoms. The van der Waals surface area contributed by atoms with E-state index in [0.29, 0.717) is 11.6 Å². The molecule has 0 radical (unpaired) electrons. The maximum absolute atomic E-state index is 12.5. The molecule has 1 aromatic carbocycles. The number of aromatic nitrogens is 1. The van der Waals surface area contributed by atoms with Crippen LogP contribution in [0.1, 0.15) is 11.3 Å². The van der Waals surface area contributed by atoms with Crippen molar-refractivity contribution in [3.05, 3.63) is 59.9 Å². The van der Waals surface area contributed by atoms with Crippen LogP contribution in [0.3, 0.4) is 0 Å². The van der Waals surface area contributed by atoms with Crippen LogP contribution in [-0.4, -0.2) is 30.6 Å². The van der Waals surface area contributed by atoms with E-state index in [1.807, 2.05) is 6.07 Å². The van der Waals surface area contributed by atoms with Gasteiger partial charge in [-0.25, -0.2) is 8.42 Å². The van der Waals surface area contributed by atoms with Crippen molar-refractivity contribution < 1.29 is 8.42 Å². The lowest BCUT2D eigenvalue weighted by molar-refractivity contribution is 0.462. The molecule has 21 heavy (non-hydrogen) atoms. The number of rotatable bonds is 6. The van der Waals surface area contributed by atoms with Crippen LogP contribution >= 0.6 is 11.6 Å². The molecule has 0 bridgehead atoms. The average molecular weight is 325 g/mol. The summed E-state index contributed by atoms with van der Waals surface area (Å²) in [6.07, 6.45) is 2.38. The molecule has 4 nitrogen and oxygen atoms in total. The molecular formula is C15H17ClN2O2S. The summed E-state index contributed by atoms with van der Waals surface area (Å²) in [7, 11) is -1.96. The summed E-state index contributed by atoms with van der Waals surface area (Å²) in [4.78, 5) is 4.42. The third kappa shape index (κ3) is 4.03. The van der Waals surface area contributed by atoms with Crippen molar-refractivity contribution in [2.75, 3.05) is 12.9 Å². The Morgan fingerprint density at radius 1 is 1.14 bits per heavy atom. The number of hydrogen-bond acceptors (Lipinski definition) is 3. The molecule has 0 saturated carbocycles. The van der Waals surface area contributed by atoms with Gasteiger partial charge in [0.25, 0.3) is 0 Å². The molecule has 0 amide bonds. The van der Waals surface area contributed by atoms with Gasteiger partial charge in [-0.15, -0.1) is 11.6 Å². The summed E-state index contributed by atoms with van der Waals surface area (Å²) in [6.45, 7) is 0.243. The Morgan fingerprint density at radius 3 is 2.43 bits per heavy atom. The van der Waals surface area contributed by atoms with Gasteiger partial charge in [0.05, 0.1) is 17.1 Å². The Morgan fingerprint density at radius 2 is 1.86 bits per heavy atom. The zero-order valence-electron chi connectivity index (χ0n) is 11.7. The Labute approximate surface area is 130 Å². The summed E-state index contributed by atoms with van der Waals surface area (Å²) in [5.41, 5.74) is 1.73. The first-order chi connectivity index (χ1) is 10.0. The zero-order chi connectivity index (χ0) is 15.3. The molecule has 0 aliphatic rings. The van der Waals surface area contributed by atoms with Crippen molar-refractivity contribution in [2.24, 2.45) is 0 Å². The monoisotopic (exact) mass is 324 g/mol. The van der Waals surface area contributed by atoms with Gasteiger partial charge in [-0.1, -0.05) is 18.2 Å². The molecule has 112 valence electrons. The fraction of sp³-hybridized carbons (Fsp3) is 0.267. The summed E-state index contributed by atoms with van der Waals surface area (Å²) < 4.78 is 26.3. The van der Waals surface area contributed by atoms with Gasteiger partial charge < -0.3 is 0 Å². The molecule has 2 aromatic rings. The molecule has 0 fully saturated rings. The van der Waals surface area contributed by atoms with Gasteiger partial charge >= 0.3 is 0 Å². The number of halogens is 1. The van der Waals surface area contributed by atoms with Gasteiger partial charge in [0, 0.05) is 19.1 Å². The van der Waals surface area contributed by atoms with Gasteiger partial charge in [-0.05, 0) is 36.2 Å². The number of benzene rings is 1. The first-order valence-corrected chi connectivity index (χ1v) is 8.52. The van der Waals surface area contributed by atoms with E-state index in [2.05, 4.69) is 4.98 Å². The fourth-order valence-electron chi connectivity index (χ4n) is 1.92. The van der Waals surface area contributed by atoms with E-state index >= 15 is 0 Å². The van der Waals surface area contributed by atoms with Crippen molar-refractivity contribution in [1.82, 2.24) is 9.29 Å². The Kier molecular flexibility index (Phi) is 5.33. The summed E-state index contributed by atoms with van der Waals surface area (Å²) in [5, 5.41) is 0. The number of nitrogens with zero attached hydrogens (tertiary/aromatic N) is 2. The van der Waals surface area contributed by atoms with E-state index in [0.717, 1.165) is 12.0 Å². The smallest absolute Gasteiger partial charge is 0.243 e. The van der Waals surface area contributed by atoms with E-state index in [4.69, 9.17) is 11.6 Å². The van der Waals surface area contributed by atoms with Crippen LogP contribution in [0.4, 0.5) is 0 Å². The molecule has 0 aliphatic carbocycles. The number of alkyl halides is 1. The molecule has 0 N–H and O–H groups in total. The maximum Gasteiger partial charge on any atom is 0.243 e. The van der Waals surface area contributed by atoms with Crippen LogP contribution in [0.15, 0.2) is 53.6 Å². The second-order valence-corrected chi connectivity index (χ2v) is 7.09. The van der Waals surface area contributed by atoms with Crippen molar-refractivity contribution in [2.45, 2.75) is 17.9 Å². The lowest BCUT2D eigenvalue weighted by Crippen LogP contribution is -2.26. The van der Waals surface area contributed by atoms with Gasteiger partial charge in [0.1, 0.15) is 0 Å². The van der Waals surface area contributed by atoms with Crippen molar-refractivity contribution in [3.8, 4) is 0 Å². The largest absolute Gasteiger partial charge is 0.260 e. The van der Waals surface area contributed by atoms with Gasteiger partial charge in [-0.2, -0.15) is 4.31 Å². The second-order valence-electron chi connectivity index (χ2n) is 4.67. The minimum absolute atomic E-state index is 0.243.